The third-order valence-electron chi connectivity index (χ3n) is 2.15. The lowest BCUT2D eigenvalue weighted by atomic mass is 10.1. The SMILES string of the molecule is CCOc1cc(N)c(Cl)c(OCC)c1C(C)=O. The van der Waals surface area contributed by atoms with E-state index in [-0.39, 0.29) is 10.8 Å². The molecular formula is C12H16ClNO3. The van der Waals surface area contributed by atoms with Gasteiger partial charge in [-0.15, -0.1) is 0 Å². The van der Waals surface area contributed by atoms with Gasteiger partial charge in [-0.2, -0.15) is 0 Å². The van der Waals surface area contributed by atoms with Crippen molar-refractivity contribution in [3.8, 4) is 11.5 Å². The average Bonchev–Trinajstić information content (AvgIpc) is 2.25. The second-order valence-electron chi connectivity index (χ2n) is 3.40. The van der Waals surface area contributed by atoms with Crippen LogP contribution in [0.1, 0.15) is 31.1 Å². The smallest absolute Gasteiger partial charge is 0.167 e. The van der Waals surface area contributed by atoms with Crippen molar-refractivity contribution in [1.82, 2.24) is 0 Å². The van der Waals surface area contributed by atoms with Crippen LogP contribution in [0.3, 0.4) is 0 Å². The van der Waals surface area contributed by atoms with E-state index in [1.165, 1.54) is 6.92 Å². The molecule has 94 valence electrons. The summed E-state index contributed by atoms with van der Waals surface area (Å²) in [6, 6.07) is 1.55. The number of hydrogen-bond donors (Lipinski definition) is 1. The number of rotatable bonds is 5. The first kappa shape index (κ1) is 13.6. The first-order valence-corrected chi connectivity index (χ1v) is 5.79. The molecule has 0 fully saturated rings. The molecule has 0 aliphatic carbocycles. The molecule has 0 bridgehead atoms. The minimum absolute atomic E-state index is 0.168. The molecule has 0 spiro atoms. The predicted octanol–water partition coefficient (Wildman–Crippen LogP) is 2.92. The number of carbonyl (C=O) groups excluding carboxylic acids is 1. The van der Waals surface area contributed by atoms with Crippen molar-refractivity contribution < 1.29 is 14.3 Å². The van der Waals surface area contributed by atoms with E-state index in [1.54, 1.807) is 6.07 Å². The highest BCUT2D eigenvalue weighted by Gasteiger charge is 2.21. The maximum absolute atomic E-state index is 11.6. The number of nitrogens with two attached hydrogens (primary N) is 1. The van der Waals surface area contributed by atoms with Crippen LogP contribution in [0.4, 0.5) is 5.69 Å². The van der Waals surface area contributed by atoms with Crippen molar-refractivity contribution in [2.75, 3.05) is 18.9 Å². The van der Waals surface area contributed by atoms with Crippen LogP contribution in [0.15, 0.2) is 6.07 Å². The lowest BCUT2D eigenvalue weighted by molar-refractivity contribution is 0.101. The number of nitrogen functional groups attached to an aromatic ring is 1. The van der Waals surface area contributed by atoms with Crippen molar-refractivity contribution >= 4 is 23.1 Å². The summed E-state index contributed by atoms with van der Waals surface area (Å²) in [5.74, 6) is 0.536. The molecule has 17 heavy (non-hydrogen) atoms. The molecular weight excluding hydrogens is 242 g/mol. The van der Waals surface area contributed by atoms with Crippen molar-refractivity contribution in [3.63, 3.8) is 0 Å². The standard InChI is InChI=1S/C12H16ClNO3/c1-4-16-9-6-8(14)11(13)12(17-5-2)10(9)7(3)15/h6H,4-5,14H2,1-3H3. The van der Waals surface area contributed by atoms with E-state index in [0.717, 1.165) is 0 Å². The van der Waals surface area contributed by atoms with Crippen LogP contribution in [-0.4, -0.2) is 19.0 Å². The zero-order valence-corrected chi connectivity index (χ0v) is 10.9. The summed E-state index contributed by atoms with van der Waals surface area (Å²) in [4.78, 5) is 11.6. The number of benzene rings is 1. The molecule has 0 aliphatic rings. The third-order valence-corrected chi connectivity index (χ3v) is 2.54. The van der Waals surface area contributed by atoms with Crippen LogP contribution in [-0.2, 0) is 0 Å². The Kier molecular flexibility index (Phi) is 4.63. The van der Waals surface area contributed by atoms with Gasteiger partial charge < -0.3 is 15.2 Å². The zero-order chi connectivity index (χ0) is 13.0. The third kappa shape index (κ3) is 2.82. The summed E-state index contributed by atoms with van der Waals surface area (Å²) in [5, 5.41) is 0.250. The predicted molar refractivity (Wildman–Crippen MR) is 68.2 cm³/mol. The monoisotopic (exact) mass is 257 g/mol. The fourth-order valence-electron chi connectivity index (χ4n) is 1.51. The Balaban J connectivity index is 3.45. The minimum atomic E-state index is -0.168. The number of ether oxygens (including phenoxy) is 2. The second-order valence-corrected chi connectivity index (χ2v) is 3.78. The van der Waals surface area contributed by atoms with E-state index in [9.17, 15) is 4.79 Å². The molecule has 0 aromatic heterocycles. The number of Topliss-reactive ketones (excluding diaryl/α,β-unsaturated/α-hetero) is 1. The summed E-state index contributed by atoms with van der Waals surface area (Å²) in [6.45, 7) is 5.91. The van der Waals surface area contributed by atoms with Crippen LogP contribution in [0, 0.1) is 0 Å². The fourth-order valence-corrected chi connectivity index (χ4v) is 1.72. The van der Waals surface area contributed by atoms with E-state index in [4.69, 9.17) is 26.8 Å². The van der Waals surface area contributed by atoms with Crippen molar-refractivity contribution in [1.29, 1.82) is 0 Å². The van der Waals surface area contributed by atoms with Gasteiger partial charge in [0.05, 0.1) is 18.9 Å². The molecule has 2 N–H and O–H groups in total. The first-order valence-electron chi connectivity index (χ1n) is 5.41. The van der Waals surface area contributed by atoms with E-state index < -0.39 is 0 Å². The van der Waals surface area contributed by atoms with Crippen LogP contribution in [0.25, 0.3) is 0 Å². The molecule has 0 saturated carbocycles. The number of halogens is 1. The summed E-state index contributed by atoms with van der Waals surface area (Å²) in [5.41, 5.74) is 6.43. The molecule has 1 aromatic carbocycles. The van der Waals surface area contributed by atoms with Gasteiger partial charge in [-0.05, 0) is 20.8 Å². The molecule has 1 rings (SSSR count). The molecule has 5 heteroatoms. The highest BCUT2D eigenvalue weighted by atomic mass is 35.5. The van der Waals surface area contributed by atoms with Gasteiger partial charge in [0, 0.05) is 6.07 Å². The maximum atomic E-state index is 11.6. The van der Waals surface area contributed by atoms with Gasteiger partial charge in [0.2, 0.25) is 0 Å². The molecule has 0 aliphatic heterocycles. The Hall–Kier alpha value is -1.42. The molecule has 0 heterocycles. The summed E-state index contributed by atoms with van der Waals surface area (Å²) >= 11 is 6.04. The second kappa shape index (κ2) is 5.77. The van der Waals surface area contributed by atoms with Gasteiger partial charge in [-0.25, -0.2) is 0 Å². The van der Waals surface area contributed by atoms with Gasteiger partial charge in [-0.1, -0.05) is 11.6 Å². The Labute approximate surface area is 106 Å². The van der Waals surface area contributed by atoms with Crippen molar-refractivity contribution in [2.45, 2.75) is 20.8 Å². The Morgan fingerprint density at radius 2 is 1.94 bits per heavy atom. The molecule has 0 amide bonds. The highest BCUT2D eigenvalue weighted by molar-refractivity contribution is 6.35. The van der Waals surface area contributed by atoms with Crippen molar-refractivity contribution in [2.24, 2.45) is 0 Å². The van der Waals surface area contributed by atoms with Gasteiger partial charge in [0.1, 0.15) is 16.3 Å². The topological polar surface area (TPSA) is 61.6 Å². The van der Waals surface area contributed by atoms with E-state index in [1.807, 2.05) is 13.8 Å². The lowest BCUT2D eigenvalue weighted by Gasteiger charge is -2.16. The molecule has 0 radical (unpaired) electrons. The lowest BCUT2D eigenvalue weighted by Crippen LogP contribution is -2.07. The van der Waals surface area contributed by atoms with Crippen LogP contribution < -0.4 is 15.2 Å². The minimum Gasteiger partial charge on any atom is -0.493 e. The quantitative estimate of drug-likeness (QED) is 0.651. The van der Waals surface area contributed by atoms with Crippen LogP contribution in [0.2, 0.25) is 5.02 Å². The number of anilines is 1. The maximum Gasteiger partial charge on any atom is 0.167 e. The summed E-state index contributed by atoms with van der Waals surface area (Å²) in [6.07, 6.45) is 0. The summed E-state index contributed by atoms with van der Waals surface area (Å²) < 4.78 is 10.8. The number of carbonyl (C=O) groups is 1. The molecule has 4 nitrogen and oxygen atoms in total. The Bertz CT molecular complexity index is 432. The van der Waals surface area contributed by atoms with Crippen LogP contribution in [0.5, 0.6) is 11.5 Å². The van der Waals surface area contributed by atoms with Crippen LogP contribution >= 0.6 is 11.6 Å². The van der Waals surface area contributed by atoms with Gasteiger partial charge in [0.15, 0.2) is 11.5 Å². The Morgan fingerprint density at radius 3 is 2.41 bits per heavy atom. The average molecular weight is 258 g/mol. The van der Waals surface area contributed by atoms with E-state index >= 15 is 0 Å². The molecule has 1 aromatic rings. The molecule has 0 saturated heterocycles. The number of ketones is 1. The van der Waals surface area contributed by atoms with Crippen molar-refractivity contribution in [3.05, 3.63) is 16.7 Å². The Morgan fingerprint density at radius 1 is 1.35 bits per heavy atom. The van der Waals surface area contributed by atoms with Gasteiger partial charge in [0.25, 0.3) is 0 Å². The first-order chi connectivity index (χ1) is 8.02. The fraction of sp³-hybridized carbons (Fsp3) is 0.417. The van der Waals surface area contributed by atoms with E-state index in [2.05, 4.69) is 0 Å². The van der Waals surface area contributed by atoms with Gasteiger partial charge in [-0.3, -0.25) is 4.79 Å². The molecule has 0 unspecified atom stereocenters. The highest BCUT2D eigenvalue weighted by Crippen LogP contribution is 2.40. The van der Waals surface area contributed by atoms with Gasteiger partial charge >= 0.3 is 0 Å². The number of hydrogen-bond acceptors (Lipinski definition) is 4. The normalized spacial score (nSPS) is 10.1. The van der Waals surface area contributed by atoms with E-state index in [0.29, 0.717) is 36.0 Å². The summed E-state index contributed by atoms with van der Waals surface area (Å²) in [7, 11) is 0. The molecule has 0 atom stereocenters. The largest absolute Gasteiger partial charge is 0.493 e. The zero-order valence-electron chi connectivity index (χ0n) is 10.2.